The molecule has 0 spiro atoms. The van der Waals surface area contributed by atoms with Gasteiger partial charge in [-0.2, -0.15) is 0 Å². The van der Waals surface area contributed by atoms with E-state index in [9.17, 15) is 9.59 Å². The zero-order valence-electron chi connectivity index (χ0n) is 12.1. The molecule has 2 aromatic rings. The lowest BCUT2D eigenvalue weighted by molar-refractivity contribution is -0.153. The summed E-state index contributed by atoms with van der Waals surface area (Å²) in [6.07, 6.45) is 0.342. The number of aromatic nitrogens is 4. The number of nitrogens with one attached hydrogen (secondary N) is 1. The summed E-state index contributed by atoms with van der Waals surface area (Å²) in [7, 11) is 1.56. The number of rotatable bonds is 6. The number of carbonyl (C=O) groups excluding carboxylic acids is 2. The van der Waals surface area contributed by atoms with Crippen molar-refractivity contribution in [2.75, 3.05) is 12.4 Å². The van der Waals surface area contributed by atoms with Gasteiger partial charge in [-0.25, -0.2) is 4.68 Å². The Labute approximate surface area is 126 Å². The van der Waals surface area contributed by atoms with Crippen molar-refractivity contribution in [2.45, 2.75) is 19.6 Å². The van der Waals surface area contributed by atoms with E-state index in [4.69, 9.17) is 9.47 Å². The molecule has 9 heteroatoms. The number of nitrogens with zero attached hydrogens (tertiary/aromatic N) is 4. The number of hydrogen-bond donors (Lipinski definition) is 1. The largest absolute Gasteiger partial charge is 0.497 e. The van der Waals surface area contributed by atoms with Gasteiger partial charge in [0.2, 0.25) is 0 Å². The molecule has 0 bridgehead atoms. The summed E-state index contributed by atoms with van der Waals surface area (Å²) in [6.45, 7) is 1.32. The lowest BCUT2D eigenvalue weighted by Crippen LogP contribution is -2.31. The fourth-order valence-corrected chi connectivity index (χ4v) is 1.59. The highest BCUT2D eigenvalue weighted by Gasteiger charge is 2.18. The van der Waals surface area contributed by atoms with Gasteiger partial charge in [-0.3, -0.25) is 9.59 Å². The number of anilines is 1. The predicted molar refractivity (Wildman–Crippen MR) is 75.0 cm³/mol. The van der Waals surface area contributed by atoms with Gasteiger partial charge in [0.25, 0.3) is 5.91 Å². The van der Waals surface area contributed by atoms with Crippen molar-refractivity contribution in [3.05, 3.63) is 30.6 Å². The van der Waals surface area contributed by atoms with Crippen LogP contribution in [0.15, 0.2) is 30.6 Å². The second-order valence-electron chi connectivity index (χ2n) is 4.36. The van der Waals surface area contributed by atoms with E-state index in [1.807, 2.05) is 0 Å². The smallest absolute Gasteiger partial charge is 0.328 e. The van der Waals surface area contributed by atoms with Gasteiger partial charge in [-0.05, 0) is 41.6 Å². The van der Waals surface area contributed by atoms with Crippen LogP contribution < -0.4 is 10.1 Å². The fourth-order valence-electron chi connectivity index (χ4n) is 1.59. The van der Waals surface area contributed by atoms with E-state index in [0.29, 0.717) is 11.4 Å². The number of tetrazole rings is 1. The molecule has 116 valence electrons. The van der Waals surface area contributed by atoms with Gasteiger partial charge >= 0.3 is 5.97 Å². The second kappa shape index (κ2) is 7.16. The minimum atomic E-state index is -0.939. The number of carbonyl (C=O) groups is 2. The number of ether oxygens (including phenoxy) is 2. The average Bonchev–Trinajstić information content (AvgIpc) is 3.00. The molecule has 1 aromatic carbocycles. The third kappa shape index (κ3) is 4.27. The highest BCUT2D eigenvalue weighted by Crippen LogP contribution is 2.15. The molecule has 0 aliphatic rings. The Balaban J connectivity index is 1.84. The minimum Gasteiger partial charge on any atom is -0.497 e. The highest BCUT2D eigenvalue weighted by atomic mass is 16.5. The Bertz CT molecular complexity index is 626. The standard InChI is InChI=1S/C13H15N5O4/c1-9(22-12(19)7-18-8-14-16-17-18)13(20)15-10-3-5-11(21-2)6-4-10/h3-6,8-9H,7H2,1-2H3,(H,15,20)/t9-/m0/s1. The first kappa shape index (κ1) is 15.4. The fraction of sp³-hybridized carbons (Fsp3) is 0.308. The number of esters is 1. The third-order valence-corrected chi connectivity index (χ3v) is 2.72. The van der Waals surface area contributed by atoms with E-state index in [1.54, 1.807) is 31.4 Å². The molecule has 1 amide bonds. The maximum Gasteiger partial charge on any atom is 0.328 e. The highest BCUT2D eigenvalue weighted by molar-refractivity contribution is 5.95. The van der Waals surface area contributed by atoms with E-state index >= 15 is 0 Å². The Kier molecular flexibility index (Phi) is 5.02. The van der Waals surface area contributed by atoms with Crippen molar-refractivity contribution in [1.82, 2.24) is 20.2 Å². The first-order chi connectivity index (χ1) is 10.6. The number of benzene rings is 1. The third-order valence-electron chi connectivity index (χ3n) is 2.72. The lowest BCUT2D eigenvalue weighted by atomic mass is 10.3. The van der Waals surface area contributed by atoms with Gasteiger partial charge in [0.15, 0.2) is 6.10 Å². The zero-order chi connectivity index (χ0) is 15.9. The zero-order valence-corrected chi connectivity index (χ0v) is 12.1. The van der Waals surface area contributed by atoms with E-state index in [0.717, 1.165) is 0 Å². The summed E-state index contributed by atoms with van der Waals surface area (Å²) >= 11 is 0. The molecule has 1 atom stereocenters. The van der Waals surface area contributed by atoms with Crippen LogP contribution in [0.2, 0.25) is 0 Å². The predicted octanol–water partition coefficient (Wildman–Crippen LogP) is 0.252. The van der Waals surface area contributed by atoms with Crippen LogP contribution in [-0.4, -0.2) is 45.3 Å². The lowest BCUT2D eigenvalue weighted by Gasteiger charge is -2.13. The van der Waals surface area contributed by atoms with Crippen molar-refractivity contribution in [3.63, 3.8) is 0 Å². The van der Waals surface area contributed by atoms with Crippen molar-refractivity contribution in [1.29, 1.82) is 0 Å². The van der Waals surface area contributed by atoms with Crippen LogP contribution in [0, 0.1) is 0 Å². The molecule has 0 aliphatic heterocycles. The molecule has 0 saturated carbocycles. The molecule has 0 radical (unpaired) electrons. The van der Waals surface area contributed by atoms with Crippen LogP contribution >= 0.6 is 0 Å². The molecule has 22 heavy (non-hydrogen) atoms. The molecule has 0 unspecified atom stereocenters. The monoisotopic (exact) mass is 305 g/mol. The number of amides is 1. The quantitative estimate of drug-likeness (QED) is 0.762. The summed E-state index contributed by atoms with van der Waals surface area (Å²) in [5.41, 5.74) is 0.578. The van der Waals surface area contributed by atoms with E-state index in [2.05, 4.69) is 20.8 Å². The number of hydrogen-bond acceptors (Lipinski definition) is 7. The second-order valence-corrected chi connectivity index (χ2v) is 4.36. The van der Waals surface area contributed by atoms with Gasteiger partial charge < -0.3 is 14.8 Å². The average molecular weight is 305 g/mol. The van der Waals surface area contributed by atoms with Crippen LogP contribution in [0.5, 0.6) is 5.75 Å². The Morgan fingerprint density at radius 2 is 2.05 bits per heavy atom. The molecular weight excluding hydrogens is 290 g/mol. The number of methoxy groups -OCH3 is 1. The van der Waals surface area contributed by atoms with E-state index in [1.165, 1.54) is 17.9 Å². The Morgan fingerprint density at radius 1 is 1.32 bits per heavy atom. The summed E-state index contributed by atoms with van der Waals surface area (Å²) < 4.78 is 11.2. The van der Waals surface area contributed by atoms with Crippen molar-refractivity contribution in [2.24, 2.45) is 0 Å². The molecule has 1 aromatic heterocycles. The van der Waals surface area contributed by atoms with Gasteiger partial charge in [0, 0.05) is 5.69 Å². The van der Waals surface area contributed by atoms with Crippen LogP contribution in [0.4, 0.5) is 5.69 Å². The first-order valence-corrected chi connectivity index (χ1v) is 6.43. The molecule has 0 fully saturated rings. The molecule has 1 N–H and O–H groups in total. The van der Waals surface area contributed by atoms with Crippen molar-refractivity contribution < 1.29 is 19.1 Å². The van der Waals surface area contributed by atoms with Gasteiger partial charge in [0.1, 0.15) is 18.6 Å². The molecular formula is C13H15N5O4. The van der Waals surface area contributed by atoms with E-state index in [-0.39, 0.29) is 6.54 Å². The summed E-state index contributed by atoms with van der Waals surface area (Å²) in [4.78, 5) is 23.6. The van der Waals surface area contributed by atoms with Crippen LogP contribution in [0.3, 0.4) is 0 Å². The van der Waals surface area contributed by atoms with Crippen LogP contribution in [0.25, 0.3) is 0 Å². The van der Waals surface area contributed by atoms with Crippen LogP contribution in [0.1, 0.15) is 6.92 Å². The van der Waals surface area contributed by atoms with E-state index < -0.39 is 18.0 Å². The SMILES string of the molecule is COc1ccc(NC(=O)[C@H](C)OC(=O)Cn2cnnn2)cc1. The molecule has 2 rings (SSSR count). The van der Waals surface area contributed by atoms with Crippen molar-refractivity contribution in [3.8, 4) is 5.75 Å². The topological polar surface area (TPSA) is 108 Å². The molecule has 1 heterocycles. The minimum absolute atomic E-state index is 0.160. The Hall–Kier alpha value is -2.97. The van der Waals surface area contributed by atoms with Gasteiger partial charge in [0.05, 0.1) is 7.11 Å². The summed E-state index contributed by atoms with van der Waals surface area (Å²) in [5.74, 6) is -0.362. The summed E-state index contributed by atoms with van der Waals surface area (Å²) in [6, 6.07) is 6.80. The first-order valence-electron chi connectivity index (χ1n) is 6.43. The maximum atomic E-state index is 11.9. The maximum absolute atomic E-state index is 11.9. The Morgan fingerprint density at radius 3 is 2.64 bits per heavy atom. The molecule has 0 saturated heterocycles. The normalized spacial score (nSPS) is 11.5. The molecule has 9 nitrogen and oxygen atoms in total. The molecule has 0 aliphatic carbocycles. The van der Waals surface area contributed by atoms with Crippen molar-refractivity contribution >= 4 is 17.6 Å². The van der Waals surface area contributed by atoms with Gasteiger partial charge in [-0.15, -0.1) is 5.10 Å². The van der Waals surface area contributed by atoms with Gasteiger partial charge in [-0.1, -0.05) is 0 Å². The summed E-state index contributed by atoms with van der Waals surface area (Å²) in [5, 5.41) is 13.0. The van der Waals surface area contributed by atoms with Crippen LogP contribution in [-0.2, 0) is 20.9 Å².